The second-order valence-corrected chi connectivity index (χ2v) is 10.9. The van der Waals surface area contributed by atoms with E-state index in [1.807, 2.05) is 37.3 Å². The maximum absolute atomic E-state index is 11.6. The number of aryl methyl sites for hydroxylation is 2. The molecule has 4 aromatic rings. The van der Waals surface area contributed by atoms with Crippen LogP contribution in [0.15, 0.2) is 60.8 Å². The molecular formula is C33H36N4O5. The molecule has 0 aliphatic carbocycles. The third-order valence-electron chi connectivity index (χ3n) is 8.21. The van der Waals surface area contributed by atoms with Crippen molar-refractivity contribution in [3.8, 4) is 28.7 Å². The van der Waals surface area contributed by atoms with Crippen LogP contribution in [0.25, 0.3) is 17.1 Å². The van der Waals surface area contributed by atoms with Gasteiger partial charge in [-0.15, -0.1) is 0 Å². The summed E-state index contributed by atoms with van der Waals surface area (Å²) in [5.41, 5.74) is 6.50. The van der Waals surface area contributed by atoms with Crippen molar-refractivity contribution in [3.63, 3.8) is 0 Å². The molecule has 4 heterocycles. The quantitative estimate of drug-likeness (QED) is 0.299. The van der Waals surface area contributed by atoms with Gasteiger partial charge >= 0.3 is 5.97 Å². The molecule has 0 bridgehead atoms. The van der Waals surface area contributed by atoms with Gasteiger partial charge < -0.3 is 19.3 Å². The number of benzene rings is 2. The number of ether oxygens (including phenoxy) is 3. The van der Waals surface area contributed by atoms with E-state index in [1.54, 1.807) is 6.07 Å². The van der Waals surface area contributed by atoms with Crippen molar-refractivity contribution in [2.45, 2.75) is 51.8 Å². The second kappa shape index (κ2) is 12.3. The fourth-order valence-electron chi connectivity index (χ4n) is 6.02. The van der Waals surface area contributed by atoms with Gasteiger partial charge in [-0.05, 0) is 79.6 Å². The molecule has 0 atom stereocenters. The van der Waals surface area contributed by atoms with Gasteiger partial charge in [-0.25, -0.2) is 9.78 Å². The van der Waals surface area contributed by atoms with Gasteiger partial charge in [0.15, 0.2) is 5.82 Å². The molecule has 1 fully saturated rings. The molecule has 2 aliphatic rings. The lowest BCUT2D eigenvalue weighted by atomic mass is 10.0. The lowest BCUT2D eigenvalue weighted by molar-refractivity contribution is 0.0315. The summed E-state index contributed by atoms with van der Waals surface area (Å²) in [6.45, 7) is 6.35. The number of nitrogens with zero attached hydrogens (tertiary/aromatic N) is 4. The highest BCUT2D eigenvalue weighted by Gasteiger charge is 2.24. The SMILES string of the molecule is COc1c(C(=O)O)cnn1-c1cccc(-c2cccc(C)c2OCc2ccc3c(c2)CCCN(C2CCOCC2)C3)n1. The second-order valence-electron chi connectivity index (χ2n) is 10.9. The Morgan fingerprint density at radius 3 is 2.74 bits per heavy atom. The maximum Gasteiger partial charge on any atom is 0.342 e. The number of rotatable bonds is 8. The van der Waals surface area contributed by atoms with Gasteiger partial charge in [-0.3, -0.25) is 4.90 Å². The Kier molecular flexibility index (Phi) is 8.21. The standard InChI is InChI=1S/C33H36N4O5/c1-22-6-3-8-27(29-9-4-10-30(35-29)37-32(40-2)28(19-34-37)33(38)39)31(22)42-21-23-11-12-25-20-36(15-5-7-24(25)18-23)26-13-16-41-17-14-26/h3-4,6,8-12,18-19,26H,5,7,13-17,20-21H2,1-2H3,(H,38,39). The number of fused-ring (bicyclic) bond motifs is 1. The van der Waals surface area contributed by atoms with E-state index in [2.05, 4.69) is 28.2 Å². The van der Waals surface area contributed by atoms with E-state index in [4.69, 9.17) is 19.2 Å². The molecule has 0 unspecified atom stereocenters. The number of hydrogen-bond donors (Lipinski definition) is 1. The highest BCUT2D eigenvalue weighted by molar-refractivity contribution is 5.90. The zero-order chi connectivity index (χ0) is 29.1. The van der Waals surface area contributed by atoms with E-state index in [-0.39, 0.29) is 11.4 Å². The highest BCUT2D eigenvalue weighted by atomic mass is 16.5. The molecule has 0 spiro atoms. The molecule has 9 heteroatoms. The number of carboxylic acids is 1. The van der Waals surface area contributed by atoms with Crippen molar-refractivity contribution < 1.29 is 24.1 Å². The van der Waals surface area contributed by atoms with Gasteiger partial charge in [0, 0.05) is 31.4 Å². The largest absolute Gasteiger partial charge is 0.488 e. The van der Waals surface area contributed by atoms with Crippen LogP contribution in [-0.4, -0.2) is 63.7 Å². The lowest BCUT2D eigenvalue weighted by Gasteiger charge is -2.33. The molecule has 0 amide bonds. The predicted octanol–water partition coefficient (Wildman–Crippen LogP) is 5.46. The third kappa shape index (κ3) is 5.75. The van der Waals surface area contributed by atoms with Crippen LogP contribution in [0, 0.1) is 6.92 Å². The van der Waals surface area contributed by atoms with Gasteiger partial charge in [-0.2, -0.15) is 9.78 Å². The molecule has 2 aromatic heterocycles. The van der Waals surface area contributed by atoms with E-state index >= 15 is 0 Å². The minimum atomic E-state index is -1.11. The van der Waals surface area contributed by atoms with Crippen LogP contribution in [0.5, 0.6) is 11.6 Å². The number of methoxy groups -OCH3 is 1. The Labute approximate surface area is 245 Å². The Hall–Kier alpha value is -4.21. The minimum absolute atomic E-state index is 0.0265. The Bertz CT molecular complexity index is 1580. The molecule has 2 aliphatic heterocycles. The average molecular weight is 569 g/mol. The smallest absolute Gasteiger partial charge is 0.342 e. The van der Waals surface area contributed by atoms with Crippen LogP contribution >= 0.6 is 0 Å². The molecule has 0 radical (unpaired) electrons. The zero-order valence-electron chi connectivity index (χ0n) is 24.1. The van der Waals surface area contributed by atoms with Crippen molar-refractivity contribution >= 4 is 5.97 Å². The van der Waals surface area contributed by atoms with E-state index in [0.29, 0.717) is 24.2 Å². The fraction of sp³-hybridized carbons (Fsp3) is 0.364. The molecule has 9 nitrogen and oxygen atoms in total. The molecule has 2 aromatic carbocycles. The van der Waals surface area contributed by atoms with Crippen LogP contribution in [0.2, 0.25) is 0 Å². The van der Waals surface area contributed by atoms with E-state index < -0.39 is 5.97 Å². The highest BCUT2D eigenvalue weighted by Crippen LogP contribution is 2.34. The summed E-state index contributed by atoms with van der Waals surface area (Å²) < 4.78 is 18.8. The third-order valence-corrected chi connectivity index (χ3v) is 8.21. The lowest BCUT2D eigenvalue weighted by Crippen LogP contribution is -2.39. The summed E-state index contributed by atoms with van der Waals surface area (Å²) in [5.74, 6) is 0.219. The van der Waals surface area contributed by atoms with Crippen molar-refractivity contribution in [3.05, 3.63) is 88.6 Å². The molecule has 218 valence electrons. The molecule has 1 saturated heterocycles. The zero-order valence-corrected chi connectivity index (χ0v) is 24.1. The summed E-state index contributed by atoms with van der Waals surface area (Å²) >= 11 is 0. The molecular weight excluding hydrogens is 532 g/mol. The maximum atomic E-state index is 11.6. The first-order chi connectivity index (χ1) is 20.5. The number of carboxylic acid groups (broad SMARTS) is 1. The van der Waals surface area contributed by atoms with Crippen LogP contribution in [0.4, 0.5) is 0 Å². The van der Waals surface area contributed by atoms with Gasteiger partial charge in [0.05, 0.1) is 19.0 Å². The van der Waals surface area contributed by atoms with Gasteiger partial charge in [0.25, 0.3) is 0 Å². The van der Waals surface area contributed by atoms with Gasteiger partial charge in [-0.1, -0.05) is 36.4 Å². The molecule has 6 rings (SSSR count). The number of aromatic carboxylic acids is 1. The normalized spacial score (nSPS) is 16.0. The summed E-state index contributed by atoms with van der Waals surface area (Å²) in [5, 5.41) is 13.7. The topological polar surface area (TPSA) is 98.9 Å². The first-order valence-corrected chi connectivity index (χ1v) is 14.5. The summed E-state index contributed by atoms with van der Waals surface area (Å²) in [7, 11) is 1.42. The number of hydrogen-bond acceptors (Lipinski definition) is 7. The van der Waals surface area contributed by atoms with Crippen molar-refractivity contribution in [1.29, 1.82) is 0 Å². The molecule has 0 saturated carbocycles. The van der Waals surface area contributed by atoms with Crippen molar-refractivity contribution in [2.75, 3.05) is 26.9 Å². The number of para-hydroxylation sites is 1. The number of aromatic nitrogens is 3. The summed E-state index contributed by atoms with van der Waals surface area (Å²) in [6, 6.07) is 18.9. The monoisotopic (exact) mass is 568 g/mol. The van der Waals surface area contributed by atoms with Crippen LogP contribution in [0.3, 0.4) is 0 Å². The average Bonchev–Trinajstić information content (AvgIpc) is 3.34. The number of carbonyl (C=O) groups is 1. The van der Waals surface area contributed by atoms with Gasteiger partial charge in [0.1, 0.15) is 17.9 Å². The fourth-order valence-corrected chi connectivity index (χ4v) is 6.02. The van der Waals surface area contributed by atoms with Crippen LogP contribution < -0.4 is 9.47 Å². The van der Waals surface area contributed by atoms with Gasteiger partial charge in [0.2, 0.25) is 5.88 Å². The van der Waals surface area contributed by atoms with E-state index in [9.17, 15) is 9.90 Å². The van der Waals surface area contributed by atoms with Crippen LogP contribution in [0.1, 0.15) is 51.9 Å². The Balaban J connectivity index is 1.22. The molecule has 1 N–H and O–H groups in total. The number of pyridine rings is 1. The van der Waals surface area contributed by atoms with Crippen molar-refractivity contribution in [1.82, 2.24) is 19.7 Å². The first kappa shape index (κ1) is 27.9. The summed E-state index contributed by atoms with van der Waals surface area (Å²) in [4.78, 5) is 19.0. The minimum Gasteiger partial charge on any atom is -0.488 e. The van der Waals surface area contributed by atoms with Crippen molar-refractivity contribution in [2.24, 2.45) is 0 Å². The Morgan fingerprint density at radius 2 is 1.93 bits per heavy atom. The molecule has 42 heavy (non-hydrogen) atoms. The Morgan fingerprint density at radius 1 is 1.10 bits per heavy atom. The van der Waals surface area contributed by atoms with E-state index in [0.717, 1.165) is 74.4 Å². The van der Waals surface area contributed by atoms with E-state index in [1.165, 1.54) is 29.1 Å². The van der Waals surface area contributed by atoms with Crippen LogP contribution in [-0.2, 0) is 24.3 Å². The predicted molar refractivity (Wildman–Crippen MR) is 158 cm³/mol. The summed E-state index contributed by atoms with van der Waals surface area (Å²) in [6.07, 6.45) is 5.75. The first-order valence-electron chi connectivity index (χ1n) is 14.5.